The van der Waals surface area contributed by atoms with Crippen LogP contribution in [0.2, 0.25) is 5.02 Å². The van der Waals surface area contributed by atoms with Crippen molar-refractivity contribution >= 4 is 34.8 Å². The van der Waals surface area contributed by atoms with Crippen molar-refractivity contribution in [3.8, 4) is 5.75 Å². The topological polar surface area (TPSA) is 61.9 Å². The quantitative estimate of drug-likeness (QED) is 0.564. The molecule has 0 bridgehead atoms. The van der Waals surface area contributed by atoms with Gasteiger partial charge in [-0.1, -0.05) is 24.9 Å². The number of piperazine rings is 1. The van der Waals surface area contributed by atoms with E-state index in [0.29, 0.717) is 34.3 Å². The van der Waals surface area contributed by atoms with Gasteiger partial charge >= 0.3 is 12.1 Å². The van der Waals surface area contributed by atoms with E-state index in [0.717, 1.165) is 17.7 Å². The zero-order valence-corrected chi connectivity index (χ0v) is 18.9. The van der Waals surface area contributed by atoms with Crippen LogP contribution in [0.25, 0.3) is 0 Å². The number of ether oxygens (including phenoxy) is 1. The highest BCUT2D eigenvalue weighted by Gasteiger charge is 2.43. The summed E-state index contributed by atoms with van der Waals surface area (Å²) in [6.45, 7) is 2.91. The van der Waals surface area contributed by atoms with Crippen LogP contribution >= 0.6 is 11.6 Å². The zero-order valence-electron chi connectivity index (χ0n) is 18.1. The van der Waals surface area contributed by atoms with Crippen molar-refractivity contribution in [1.82, 2.24) is 4.90 Å². The summed E-state index contributed by atoms with van der Waals surface area (Å²) >= 11 is 6.12. The van der Waals surface area contributed by atoms with Crippen molar-refractivity contribution in [3.05, 3.63) is 53.1 Å². The Morgan fingerprint density at radius 3 is 2.33 bits per heavy atom. The van der Waals surface area contributed by atoms with Crippen LogP contribution < -0.4 is 15.0 Å². The number of hydrogen-bond acceptors (Lipinski definition) is 4. The first kappa shape index (κ1) is 24.7. The van der Waals surface area contributed by atoms with Gasteiger partial charge in [0.15, 0.2) is 0 Å². The van der Waals surface area contributed by atoms with Gasteiger partial charge in [0.05, 0.1) is 18.0 Å². The van der Waals surface area contributed by atoms with Gasteiger partial charge in [-0.15, -0.1) is 0 Å². The minimum atomic E-state index is -4.89. The number of alkyl halides is 3. The van der Waals surface area contributed by atoms with Crippen molar-refractivity contribution in [2.75, 3.05) is 43.0 Å². The normalized spacial score (nSPS) is 14.2. The van der Waals surface area contributed by atoms with Crippen molar-refractivity contribution in [1.29, 1.82) is 0 Å². The molecule has 0 unspecified atom stereocenters. The number of nitrogens with one attached hydrogen (secondary N) is 1. The SMILES string of the molecule is CCCCOc1ccc(C(=O)Nc2cc(Cl)ccc2N2CCN(C(=O)C(F)(F)F)CC2)cc1. The number of hydrogen-bond donors (Lipinski definition) is 1. The molecule has 0 aromatic heterocycles. The summed E-state index contributed by atoms with van der Waals surface area (Å²) in [5.74, 6) is -1.52. The third-order valence-corrected chi connectivity index (χ3v) is 5.48. The molecule has 0 spiro atoms. The minimum Gasteiger partial charge on any atom is -0.494 e. The number of benzene rings is 2. The molecule has 2 aromatic rings. The molecule has 0 radical (unpaired) electrons. The maximum atomic E-state index is 12.8. The van der Waals surface area contributed by atoms with Crippen LogP contribution in [0.4, 0.5) is 24.5 Å². The second kappa shape index (κ2) is 10.8. The fourth-order valence-electron chi connectivity index (χ4n) is 3.45. The molecule has 0 saturated carbocycles. The number of halogens is 4. The molecule has 3 rings (SSSR count). The lowest BCUT2D eigenvalue weighted by Crippen LogP contribution is -2.52. The fourth-order valence-corrected chi connectivity index (χ4v) is 3.62. The molecule has 1 heterocycles. The summed E-state index contributed by atoms with van der Waals surface area (Å²) in [7, 11) is 0. The highest BCUT2D eigenvalue weighted by molar-refractivity contribution is 6.31. The van der Waals surface area contributed by atoms with E-state index < -0.39 is 12.1 Å². The summed E-state index contributed by atoms with van der Waals surface area (Å²) in [6, 6.07) is 11.7. The van der Waals surface area contributed by atoms with E-state index in [9.17, 15) is 22.8 Å². The second-order valence-electron chi connectivity index (χ2n) is 7.62. The fraction of sp³-hybridized carbons (Fsp3) is 0.391. The smallest absolute Gasteiger partial charge is 0.471 e. The number of nitrogens with zero attached hydrogens (tertiary/aromatic N) is 2. The summed E-state index contributed by atoms with van der Waals surface area (Å²) in [4.78, 5) is 26.9. The highest BCUT2D eigenvalue weighted by atomic mass is 35.5. The molecule has 1 aliphatic heterocycles. The molecule has 1 N–H and O–H groups in total. The third kappa shape index (κ3) is 6.54. The van der Waals surface area contributed by atoms with E-state index in [1.54, 1.807) is 42.5 Å². The van der Waals surface area contributed by atoms with Gasteiger partial charge in [0.2, 0.25) is 0 Å². The Kier molecular flexibility index (Phi) is 8.07. The number of amides is 2. The molecular formula is C23H25ClF3N3O3. The number of rotatable bonds is 7. The lowest BCUT2D eigenvalue weighted by Gasteiger charge is -2.37. The van der Waals surface area contributed by atoms with Crippen LogP contribution in [0.1, 0.15) is 30.1 Å². The van der Waals surface area contributed by atoms with Crippen LogP contribution in [-0.2, 0) is 4.79 Å². The Balaban J connectivity index is 1.68. The number of carbonyl (C=O) groups is 2. The molecule has 1 fully saturated rings. The largest absolute Gasteiger partial charge is 0.494 e. The molecular weight excluding hydrogens is 459 g/mol. The van der Waals surface area contributed by atoms with Crippen LogP contribution in [-0.4, -0.2) is 55.7 Å². The van der Waals surface area contributed by atoms with Gasteiger partial charge in [0, 0.05) is 36.8 Å². The summed E-state index contributed by atoms with van der Waals surface area (Å²) < 4.78 is 43.7. The molecule has 33 heavy (non-hydrogen) atoms. The Bertz CT molecular complexity index is 975. The summed E-state index contributed by atoms with van der Waals surface area (Å²) in [5, 5.41) is 3.23. The Morgan fingerprint density at radius 2 is 1.73 bits per heavy atom. The molecule has 2 aromatic carbocycles. The first-order valence-corrected chi connectivity index (χ1v) is 11.0. The Morgan fingerprint density at radius 1 is 1.06 bits per heavy atom. The predicted octanol–water partition coefficient (Wildman–Crippen LogP) is 4.98. The van der Waals surface area contributed by atoms with Crippen molar-refractivity contribution < 1.29 is 27.5 Å². The van der Waals surface area contributed by atoms with E-state index in [-0.39, 0.29) is 32.1 Å². The first-order valence-electron chi connectivity index (χ1n) is 10.6. The van der Waals surface area contributed by atoms with Crippen molar-refractivity contribution in [2.45, 2.75) is 25.9 Å². The predicted molar refractivity (Wildman–Crippen MR) is 121 cm³/mol. The maximum Gasteiger partial charge on any atom is 0.471 e. The van der Waals surface area contributed by atoms with Gasteiger partial charge in [-0.05, 0) is 48.9 Å². The van der Waals surface area contributed by atoms with Gasteiger partial charge in [0.1, 0.15) is 5.75 Å². The van der Waals surface area contributed by atoms with Crippen LogP contribution in [0.3, 0.4) is 0 Å². The van der Waals surface area contributed by atoms with E-state index in [2.05, 4.69) is 12.2 Å². The Hall–Kier alpha value is -2.94. The van der Waals surface area contributed by atoms with E-state index >= 15 is 0 Å². The molecule has 0 atom stereocenters. The highest BCUT2D eigenvalue weighted by Crippen LogP contribution is 2.31. The molecule has 6 nitrogen and oxygen atoms in total. The van der Waals surface area contributed by atoms with Gasteiger partial charge in [-0.25, -0.2) is 0 Å². The first-order chi connectivity index (χ1) is 15.7. The number of unbranched alkanes of at least 4 members (excludes halogenated alkanes) is 1. The maximum absolute atomic E-state index is 12.8. The zero-order chi connectivity index (χ0) is 24.0. The lowest BCUT2D eigenvalue weighted by molar-refractivity contribution is -0.185. The molecule has 2 amide bonds. The van der Waals surface area contributed by atoms with E-state index in [1.165, 1.54) is 0 Å². The van der Waals surface area contributed by atoms with Gasteiger partial charge in [0.25, 0.3) is 5.91 Å². The average Bonchev–Trinajstić information content (AvgIpc) is 2.79. The number of carbonyl (C=O) groups excluding carboxylic acids is 2. The van der Waals surface area contributed by atoms with E-state index in [1.807, 2.05) is 4.90 Å². The Labute approximate surface area is 195 Å². The summed E-state index contributed by atoms with van der Waals surface area (Å²) in [5.41, 5.74) is 1.47. The van der Waals surface area contributed by atoms with Crippen molar-refractivity contribution in [3.63, 3.8) is 0 Å². The second-order valence-corrected chi connectivity index (χ2v) is 8.06. The molecule has 1 aliphatic rings. The lowest BCUT2D eigenvalue weighted by atomic mass is 10.1. The molecule has 0 aliphatic carbocycles. The number of anilines is 2. The van der Waals surface area contributed by atoms with Gasteiger partial charge in [-0.2, -0.15) is 13.2 Å². The summed E-state index contributed by atoms with van der Waals surface area (Å²) in [6.07, 6.45) is -2.92. The third-order valence-electron chi connectivity index (χ3n) is 5.24. The minimum absolute atomic E-state index is 0.0755. The van der Waals surface area contributed by atoms with Crippen LogP contribution in [0.15, 0.2) is 42.5 Å². The average molecular weight is 484 g/mol. The van der Waals surface area contributed by atoms with Crippen molar-refractivity contribution in [2.24, 2.45) is 0 Å². The van der Waals surface area contributed by atoms with Crippen LogP contribution in [0, 0.1) is 0 Å². The van der Waals surface area contributed by atoms with Gasteiger partial charge < -0.3 is 19.9 Å². The monoisotopic (exact) mass is 483 g/mol. The molecule has 178 valence electrons. The molecule has 1 saturated heterocycles. The van der Waals surface area contributed by atoms with Gasteiger partial charge in [-0.3, -0.25) is 9.59 Å². The van der Waals surface area contributed by atoms with E-state index in [4.69, 9.17) is 16.3 Å². The standard InChI is InChI=1S/C23H25ClF3N3O3/c1-2-3-14-33-18-7-4-16(5-8-18)21(31)28-19-15-17(24)6-9-20(19)29-10-12-30(13-11-29)22(32)23(25,26)27/h4-9,15H,2-3,10-14H2,1H3,(H,28,31). The van der Waals surface area contributed by atoms with Crippen LogP contribution in [0.5, 0.6) is 5.75 Å². The molecule has 10 heteroatoms.